The van der Waals surface area contributed by atoms with Crippen LogP contribution in [0.4, 0.5) is 0 Å². The normalized spacial score (nSPS) is 11.5. The molecule has 0 aliphatic rings. The van der Waals surface area contributed by atoms with Gasteiger partial charge in [0.2, 0.25) is 0 Å². The molecule has 1 aromatic carbocycles. The van der Waals surface area contributed by atoms with E-state index in [4.69, 9.17) is 9.47 Å². The third-order valence-electron chi connectivity index (χ3n) is 4.28. The van der Waals surface area contributed by atoms with Crippen LogP contribution in [0.3, 0.4) is 0 Å². The molecule has 1 aromatic heterocycles. The maximum Gasteiger partial charge on any atom is 0.191 e. The SMILES string of the molecule is COCCNC(=NCc1nnc(C)n1C)NCCc1cc(C)ccc1OC. The molecule has 0 saturated heterocycles. The summed E-state index contributed by atoms with van der Waals surface area (Å²) < 4.78 is 12.5. The summed E-state index contributed by atoms with van der Waals surface area (Å²) in [5.41, 5.74) is 2.39. The summed E-state index contributed by atoms with van der Waals surface area (Å²) in [6.45, 7) is 6.47. The van der Waals surface area contributed by atoms with Gasteiger partial charge in [0.1, 0.15) is 18.1 Å². The summed E-state index contributed by atoms with van der Waals surface area (Å²) in [5.74, 6) is 3.32. The van der Waals surface area contributed by atoms with E-state index in [1.54, 1.807) is 14.2 Å². The van der Waals surface area contributed by atoms with Gasteiger partial charge in [-0.15, -0.1) is 10.2 Å². The quantitative estimate of drug-likeness (QED) is 0.392. The molecule has 0 aliphatic heterocycles. The summed E-state index contributed by atoms with van der Waals surface area (Å²) in [7, 11) is 5.32. The van der Waals surface area contributed by atoms with Gasteiger partial charge in [-0.05, 0) is 31.9 Å². The van der Waals surface area contributed by atoms with Gasteiger partial charge in [-0.3, -0.25) is 0 Å². The second-order valence-corrected chi connectivity index (χ2v) is 6.30. The van der Waals surface area contributed by atoms with Crippen molar-refractivity contribution in [2.45, 2.75) is 26.8 Å². The summed E-state index contributed by atoms with van der Waals surface area (Å²) in [6, 6.07) is 6.21. The lowest BCUT2D eigenvalue weighted by molar-refractivity contribution is 0.203. The molecule has 0 bridgehead atoms. The molecule has 27 heavy (non-hydrogen) atoms. The Morgan fingerprint density at radius 1 is 1.15 bits per heavy atom. The third kappa shape index (κ3) is 6.25. The van der Waals surface area contributed by atoms with E-state index in [1.807, 2.05) is 24.6 Å². The van der Waals surface area contributed by atoms with Crippen LogP contribution >= 0.6 is 0 Å². The van der Waals surface area contributed by atoms with E-state index in [2.05, 4.69) is 44.9 Å². The minimum absolute atomic E-state index is 0.452. The summed E-state index contributed by atoms with van der Waals surface area (Å²) >= 11 is 0. The highest BCUT2D eigenvalue weighted by Gasteiger charge is 2.07. The Balaban J connectivity index is 1.98. The van der Waals surface area contributed by atoms with Crippen LogP contribution in [0.15, 0.2) is 23.2 Å². The first-order valence-electron chi connectivity index (χ1n) is 9.04. The molecule has 2 aromatic rings. The Kier molecular flexibility index (Phi) is 8.06. The zero-order chi connectivity index (χ0) is 19.6. The third-order valence-corrected chi connectivity index (χ3v) is 4.28. The summed E-state index contributed by atoms with van der Waals surface area (Å²) in [4.78, 5) is 4.62. The van der Waals surface area contributed by atoms with Crippen molar-refractivity contribution in [2.75, 3.05) is 33.9 Å². The van der Waals surface area contributed by atoms with Crippen molar-refractivity contribution in [1.29, 1.82) is 0 Å². The van der Waals surface area contributed by atoms with Crippen LogP contribution in [0.5, 0.6) is 5.75 Å². The van der Waals surface area contributed by atoms with E-state index < -0.39 is 0 Å². The molecular formula is C19H30N6O2. The van der Waals surface area contributed by atoms with Crippen LogP contribution in [0.25, 0.3) is 0 Å². The summed E-state index contributed by atoms with van der Waals surface area (Å²) in [6.07, 6.45) is 0.832. The van der Waals surface area contributed by atoms with Crippen molar-refractivity contribution in [3.63, 3.8) is 0 Å². The lowest BCUT2D eigenvalue weighted by atomic mass is 10.1. The Bertz CT molecular complexity index is 757. The second-order valence-electron chi connectivity index (χ2n) is 6.30. The molecule has 0 aliphatic carbocycles. The number of rotatable bonds is 9. The van der Waals surface area contributed by atoms with Crippen LogP contribution in [0, 0.1) is 13.8 Å². The van der Waals surface area contributed by atoms with Crippen molar-refractivity contribution >= 4 is 5.96 Å². The Morgan fingerprint density at radius 3 is 2.59 bits per heavy atom. The lowest BCUT2D eigenvalue weighted by Gasteiger charge is -2.14. The van der Waals surface area contributed by atoms with Crippen molar-refractivity contribution in [2.24, 2.45) is 12.0 Å². The molecule has 2 rings (SSSR count). The van der Waals surface area contributed by atoms with Crippen LogP contribution < -0.4 is 15.4 Å². The van der Waals surface area contributed by atoms with Crippen LogP contribution in [-0.4, -0.2) is 54.6 Å². The fraction of sp³-hybridized carbons (Fsp3) is 0.526. The number of benzene rings is 1. The Hall–Kier alpha value is -2.61. The van der Waals surface area contributed by atoms with Gasteiger partial charge in [-0.1, -0.05) is 17.7 Å². The lowest BCUT2D eigenvalue weighted by Crippen LogP contribution is -2.40. The van der Waals surface area contributed by atoms with E-state index in [0.717, 1.165) is 36.3 Å². The number of methoxy groups -OCH3 is 2. The van der Waals surface area contributed by atoms with Gasteiger partial charge in [-0.2, -0.15) is 0 Å². The predicted octanol–water partition coefficient (Wildman–Crippen LogP) is 1.36. The number of aromatic nitrogens is 3. The van der Waals surface area contributed by atoms with Gasteiger partial charge >= 0.3 is 0 Å². The average molecular weight is 374 g/mol. The molecule has 0 saturated carbocycles. The molecule has 0 fully saturated rings. The van der Waals surface area contributed by atoms with Crippen LogP contribution in [-0.2, 0) is 24.8 Å². The van der Waals surface area contributed by atoms with Gasteiger partial charge in [0.15, 0.2) is 11.8 Å². The van der Waals surface area contributed by atoms with Gasteiger partial charge in [-0.25, -0.2) is 4.99 Å². The maximum atomic E-state index is 5.45. The number of hydrogen-bond acceptors (Lipinski definition) is 5. The molecule has 8 heteroatoms. The molecule has 1 heterocycles. The number of guanidine groups is 1. The standard InChI is InChI=1S/C19H30N6O2/c1-14-6-7-17(27-5)16(12-14)8-9-20-19(21-10-11-26-4)22-13-18-24-23-15(2)25(18)3/h6-7,12H,8-11,13H2,1-5H3,(H2,20,21,22). The number of aliphatic imine (C=N–C) groups is 1. The van der Waals surface area contributed by atoms with Crippen molar-refractivity contribution < 1.29 is 9.47 Å². The number of nitrogens with zero attached hydrogens (tertiary/aromatic N) is 4. The van der Waals surface area contributed by atoms with Crippen molar-refractivity contribution in [3.05, 3.63) is 41.0 Å². The molecular weight excluding hydrogens is 344 g/mol. The first-order chi connectivity index (χ1) is 13.0. The smallest absolute Gasteiger partial charge is 0.191 e. The van der Waals surface area contributed by atoms with Crippen LogP contribution in [0.2, 0.25) is 0 Å². The fourth-order valence-electron chi connectivity index (χ4n) is 2.60. The molecule has 8 nitrogen and oxygen atoms in total. The molecule has 0 spiro atoms. The van der Waals surface area contributed by atoms with Gasteiger partial charge in [0, 0.05) is 27.2 Å². The minimum atomic E-state index is 0.452. The Labute approximate surface area is 161 Å². The number of hydrogen-bond donors (Lipinski definition) is 2. The molecule has 2 N–H and O–H groups in total. The maximum absolute atomic E-state index is 5.45. The Morgan fingerprint density at radius 2 is 1.93 bits per heavy atom. The highest BCUT2D eigenvalue weighted by atomic mass is 16.5. The first-order valence-corrected chi connectivity index (χ1v) is 9.04. The van der Waals surface area contributed by atoms with E-state index in [-0.39, 0.29) is 0 Å². The zero-order valence-corrected chi connectivity index (χ0v) is 16.9. The first kappa shape index (κ1) is 20.7. The summed E-state index contributed by atoms with van der Waals surface area (Å²) in [5, 5.41) is 14.9. The fourth-order valence-corrected chi connectivity index (χ4v) is 2.60. The molecule has 0 amide bonds. The largest absolute Gasteiger partial charge is 0.496 e. The van der Waals surface area contributed by atoms with E-state index in [0.29, 0.717) is 19.7 Å². The predicted molar refractivity (Wildman–Crippen MR) is 106 cm³/mol. The number of aryl methyl sites for hydroxylation is 2. The van der Waals surface area contributed by atoms with Gasteiger partial charge < -0.3 is 24.7 Å². The number of nitrogens with one attached hydrogen (secondary N) is 2. The van der Waals surface area contributed by atoms with E-state index in [9.17, 15) is 0 Å². The van der Waals surface area contributed by atoms with Crippen LogP contribution in [0.1, 0.15) is 22.8 Å². The monoisotopic (exact) mass is 374 g/mol. The number of ether oxygens (including phenoxy) is 2. The van der Waals surface area contributed by atoms with E-state index in [1.165, 1.54) is 11.1 Å². The molecule has 0 atom stereocenters. The second kappa shape index (κ2) is 10.5. The molecule has 148 valence electrons. The topological polar surface area (TPSA) is 85.6 Å². The zero-order valence-electron chi connectivity index (χ0n) is 16.9. The highest BCUT2D eigenvalue weighted by molar-refractivity contribution is 5.79. The molecule has 0 unspecified atom stereocenters. The minimum Gasteiger partial charge on any atom is -0.496 e. The van der Waals surface area contributed by atoms with E-state index >= 15 is 0 Å². The van der Waals surface area contributed by atoms with Crippen molar-refractivity contribution in [1.82, 2.24) is 25.4 Å². The highest BCUT2D eigenvalue weighted by Crippen LogP contribution is 2.19. The molecule has 0 radical (unpaired) electrons. The van der Waals surface area contributed by atoms with Gasteiger partial charge in [0.05, 0.1) is 13.7 Å². The average Bonchev–Trinajstić information content (AvgIpc) is 2.98. The van der Waals surface area contributed by atoms with Gasteiger partial charge in [0.25, 0.3) is 0 Å². The van der Waals surface area contributed by atoms with Crippen molar-refractivity contribution in [3.8, 4) is 5.75 Å².